The van der Waals surface area contributed by atoms with Crippen LogP contribution in [-0.2, 0) is 0 Å². The highest BCUT2D eigenvalue weighted by molar-refractivity contribution is 5.83. The van der Waals surface area contributed by atoms with Gasteiger partial charge in [0.2, 0.25) is 0 Å². The maximum atomic E-state index is 10.8. The highest BCUT2D eigenvalue weighted by Gasteiger charge is 2.25. The van der Waals surface area contributed by atoms with Gasteiger partial charge in [0.25, 0.3) is 0 Å². The fourth-order valence-electron chi connectivity index (χ4n) is 1.29. The van der Waals surface area contributed by atoms with Crippen molar-refractivity contribution in [2.24, 2.45) is 0 Å². The molecule has 0 bridgehead atoms. The van der Waals surface area contributed by atoms with Gasteiger partial charge < -0.3 is 9.47 Å². The van der Waals surface area contributed by atoms with Crippen LogP contribution >= 0.6 is 0 Å². The van der Waals surface area contributed by atoms with Crippen molar-refractivity contribution in [2.45, 2.75) is 18.9 Å². The third-order valence-corrected chi connectivity index (χ3v) is 2.18. The summed E-state index contributed by atoms with van der Waals surface area (Å²) < 4.78 is 10.6. The van der Waals surface area contributed by atoms with Crippen LogP contribution in [0.4, 0.5) is 0 Å². The molecule has 3 nitrogen and oxygen atoms in total. The van der Waals surface area contributed by atoms with Gasteiger partial charge in [-0.2, -0.15) is 0 Å². The first-order valence-electron chi connectivity index (χ1n) is 4.64. The molecule has 1 fully saturated rings. The maximum absolute atomic E-state index is 10.8. The Labute approximate surface area is 82.6 Å². The van der Waals surface area contributed by atoms with Gasteiger partial charge in [0, 0.05) is 0 Å². The van der Waals surface area contributed by atoms with Gasteiger partial charge in [0.15, 0.2) is 6.29 Å². The molecule has 2 rings (SSSR count). The molecule has 1 aliphatic rings. The molecule has 1 aromatic rings. The lowest BCUT2D eigenvalue weighted by molar-refractivity contribution is 0.111. The van der Waals surface area contributed by atoms with E-state index in [9.17, 15) is 4.79 Å². The van der Waals surface area contributed by atoms with Gasteiger partial charge in [-0.15, -0.1) is 0 Å². The van der Waals surface area contributed by atoms with Crippen molar-refractivity contribution in [3.8, 4) is 11.5 Å². The molecule has 0 spiro atoms. The normalized spacial score (nSPS) is 14.9. The first-order valence-corrected chi connectivity index (χ1v) is 4.64. The smallest absolute Gasteiger partial charge is 0.157 e. The summed E-state index contributed by atoms with van der Waals surface area (Å²) in [7, 11) is 1.54. The standard InChI is InChI=1S/C11H12O3/c1-13-10-3-2-4-11(9(10)7-12)14-8-5-6-8/h2-4,7-8H,5-6H2,1H3. The molecule has 1 aliphatic carbocycles. The first-order chi connectivity index (χ1) is 6.85. The molecule has 0 aliphatic heterocycles. The van der Waals surface area contributed by atoms with Crippen LogP contribution in [0, 0.1) is 0 Å². The zero-order valence-electron chi connectivity index (χ0n) is 8.03. The number of hydrogen-bond donors (Lipinski definition) is 0. The van der Waals surface area contributed by atoms with E-state index in [2.05, 4.69) is 0 Å². The summed E-state index contributed by atoms with van der Waals surface area (Å²) in [5, 5.41) is 0. The third kappa shape index (κ3) is 1.71. The molecule has 0 radical (unpaired) electrons. The zero-order chi connectivity index (χ0) is 9.97. The Morgan fingerprint density at radius 3 is 2.64 bits per heavy atom. The maximum Gasteiger partial charge on any atom is 0.157 e. The Balaban J connectivity index is 2.30. The van der Waals surface area contributed by atoms with Crippen LogP contribution in [0.25, 0.3) is 0 Å². The number of carbonyl (C=O) groups is 1. The lowest BCUT2D eigenvalue weighted by Crippen LogP contribution is -2.00. The van der Waals surface area contributed by atoms with Gasteiger partial charge in [0.05, 0.1) is 18.8 Å². The van der Waals surface area contributed by atoms with Crippen molar-refractivity contribution in [3.05, 3.63) is 23.8 Å². The van der Waals surface area contributed by atoms with Crippen LogP contribution in [0.1, 0.15) is 23.2 Å². The predicted octanol–water partition coefficient (Wildman–Crippen LogP) is 2.05. The summed E-state index contributed by atoms with van der Waals surface area (Å²) in [6, 6.07) is 5.37. The van der Waals surface area contributed by atoms with Gasteiger partial charge in [-0.1, -0.05) is 6.07 Å². The minimum absolute atomic E-state index is 0.292. The van der Waals surface area contributed by atoms with E-state index in [4.69, 9.17) is 9.47 Å². The second-order valence-corrected chi connectivity index (χ2v) is 3.31. The van der Waals surface area contributed by atoms with Crippen LogP contribution < -0.4 is 9.47 Å². The van der Waals surface area contributed by atoms with E-state index < -0.39 is 0 Å². The molecule has 0 saturated heterocycles. The fourth-order valence-corrected chi connectivity index (χ4v) is 1.29. The van der Waals surface area contributed by atoms with Gasteiger partial charge in [-0.05, 0) is 25.0 Å². The number of carbonyl (C=O) groups excluding carboxylic acids is 1. The van der Waals surface area contributed by atoms with Crippen LogP contribution in [-0.4, -0.2) is 19.5 Å². The predicted molar refractivity (Wildman–Crippen MR) is 52.0 cm³/mol. The molecule has 0 aromatic heterocycles. The molecule has 0 amide bonds. The number of ether oxygens (including phenoxy) is 2. The Kier molecular flexibility index (Phi) is 2.39. The Hall–Kier alpha value is -1.51. The van der Waals surface area contributed by atoms with Crippen LogP contribution in [0.2, 0.25) is 0 Å². The van der Waals surface area contributed by atoms with Crippen molar-refractivity contribution in [1.82, 2.24) is 0 Å². The van der Waals surface area contributed by atoms with Crippen LogP contribution in [0.3, 0.4) is 0 Å². The second kappa shape index (κ2) is 3.70. The monoisotopic (exact) mass is 192 g/mol. The minimum atomic E-state index is 0.292. The molecule has 74 valence electrons. The molecular formula is C11H12O3. The number of hydrogen-bond acceptors (Lipinski definition) is 3. The average molecular weight is 192 g/mol. The molecule has 0 atom stereocenters. The highest BCUT2D eigenvalue weighted by atomic mass is 16.5. The van der Waals surface area contributed by atoms with Gasteiger partial charge in [0.1, 0.15) is 11.5 Å². The lowest BCUT2D eigenvalue weighted by atomic mass is 10.2. The molecule has 0 N–H and O–H groups in total. The van der Waals surface area contributed by atoms with Gasteiger partial charge in [-0.25, -0.2) is 0 Å². The lowest BCUT2D eigenvalue weighted by Gasteiger charge is -2.09. The Morgan fingerprint density at radius 2 is 2.07 bits per heavy atom. The third-order valence-electron chi connectivity index (χ3n) is 2.18. The summed E-state index contributed by atoms with van der Waals surface area (Å²) in [6.45, 7) is 0. The van der Waals surface area contributed by atoms with Crippen LogP contribution in [0.15, 0.2) is 18.2 Å². The topological polar surface area (TPSA) is 35.5 Å². The Morgan fingerprint density at radius 1 is 1.36 bits per heavy atom. The SMILES string of the molecule is COc1cccc(OC2CC2)c1C=O. The van der Waals surface area contributed by atoms with E-state index in [1.54, 1.807) is 19.2 Å². The summed E-state index contributed by atoms with van der Waals surface area (Å²) in [4.78, 5) is 10.8. The van der Waals surface area contributed by atoms with Crippen molar-refractivity contribution >= 4 is 6.29 Å². The van der Waals surface area contributed by atoms with E-state index in [0.29, 0.717) is 23.2 Å². The molecule has 0 heterocycles. The van der Waals surface area contributed by atoms with Gasteiger partial charge >= 0.3 is 0 Å². The minimum Gasteiger partial charge on any atom is -0.496 e. The number of benzene rings is 1. The van der Waals surface area contributed by atoms with Crippen molar-refractivity contribution in [3.63, 3.8) is 0 Å². The first kappa shape index (κ1) is 9.06. The quantitative estimate of drug-likeness (QED) is 0.685. The Bertz CT molecular complexity index is 342. The van der Waals surface area contributed by atoms with Gasteiger partial charge in [-0.3, -0.25) is 4.79 Å². The van der Waals surface area contributed by atoms with Crippen molar-refractivity contribution < 1.29 is 14.3 Å². The average Bonchev–Trinajstić information content (AvgIpc) is 3.01. The highest BCUT2D eigenvalue weighted by Crippen LogP contribution is 2.32. The second-order valence-electron chi connectivity index (χ2n) is 3.31. The van der Waals surface area contributed by atoms with E-state index in [-0.39, 0.29) is 0 Å². The summed E-state index contributed by atoms with van der Waals surface area (Å²) in [6.07, 6.45) is 3.22. The number of methoxy groups -OCH3 is 1. The zero-order valence-corrected chi connectivity index (χ0v) is 8.03. The van der Waals surface area contributed by atoms with Crippen molar-refractivity contribution in [2.75, 3.05) is 7.11 Å². The summed E-state index contributed by atoms with van der Waals surface area (Å²) >= 11 is 0. The molecule has 0 unspecified atom stereocenters. The van der Waals surface area contributed by atoms with E-state index in [1.165, 1.54) is 0 Å². The summed E-state index contributed by atoms with van der Waals surface area (Å²) in [5.74, 6) is 1.19. The van der Waals surface area contributed by atoms with E-state index in [1.807, 2.05) is 6.07 Å². The fraction of sp³-hybridized carbons (Fsp3) is 0.364. The van der Waals surface area contributed by atoms with Crippen molar-refractivity contribution in [1.29, 1.82) is 0 Å². The number of aldehydes is 1. The molecule has 3 heteroatoms. The molecule has 1 aromatic carbocycles. The van der Waals surface area contributed by atoms with E-state index >= 15 is 0 Å². The largest absolute Gasteiger partial charge is 0.496 e. The molecule has 14 heavy (non-hydrogen) atoms. The molecule has 1 saturated carbocycles. The summed E-state index contributed by atoms with van der Waals surface area (Å²) in [5.41, 5.74) is 0.502. The van der Waals surface area contributed by atoms with E-state index in [0.717, 1.165) is 19.1 Å². The molecular weight excluding hydrogens is 180 g/mol. The number of rotatable bonds is 4. The van der Waals surface area contributed by atoms with Crippen LogP contribution in [0.5, 0.6) is 11.5 Å².